The molecule has 0 aliphatic heterocycles. The van der Waals surface area contributed by atoms with Gasteiger partial charge in [0, 0.05) is 24.8 Å². The molecule has 1 unspecified atom stereocenters. The Balaban J connectivity index is 2.15. The van der Waals surface area contributed by atoms with E-state index in [-0.39, 0.29) is 0 Å². The van der Waals surface area contributed by atoms with Gasteiger partial charge in [-0.25, -0.2) is 0 Å². The van der Waals surface area contributed by atoms with Crippen LogP contribution in [0.2, 0.25) is 0 Å². The molecule has 0 saturated heterocycles. The number of nitrogens with zero attached hydrogens (tertiary/aromatic N) is 1. The van der Waals surface area contributed by atoms with Crippen molar-refractivity contribution in [3.05, 3.63) is 29.8 Å². The average molecular weight is 274 g/mol. The summed E-state index contributed by atoms with van der Waals surface area (Å²) in [5.74, 6) is 0. The van der Waals surface area contributed by atoms with Crippen LogP contribution in [-0.2, 0) is 0 Å². The van der Waals surface area contributed by atoms with Crippen LogP contribution in [0.3, 0.4) is 0 Å². The van der Waals surface area contributed by atoms with Gasteiger partial charge in [0.15, 0.2) is 0 Å². The van der Waals surface area contributed by atoms with Crippen LogP contribution in [0.5, 0.6) is 0 Å². The highest BCUT2D eigenvalue weighted by Crippen LogP contribution is 2.38. The van der Waals surface area contributed by atoms with Gasteiger partial charge < -0.3 is 10.2 Å². The van der Waals surface area contributed by atoms with Crippen molar-refractivity contribution in [3.8, 4) is 0 Å². The molecule has 2 nitrogen and oxygen atoms in total. The molecule has 0 heterocycles. The molecule has 20 heavy (non-hydrogen) atoms. The summed E-state index contributed by atoms with van der Waals surface area (Å²) < 4.78 is 0. The van der Waals surface area contributed by atoms with Gasteiger partial charge in [-0.3, -0.25) is 0 Å². The molecular formula is C18H30N2. The molecule has 1 atom stereocenters. The summed E-state index contributed by atoms with van der Waals surface area (Å²) in [5.41, 5.74) is 3.33. The fourth-order valence-electron chi connectivity index (χ4n) is 3.30. The number of para-hydroxylation sites is 1. The maximum Gasteiger partial charge on any atom is 0.0414 e. The zero-order chi connectivity index (χ0) is 14.8. The van der Waals surface area contributed by atoms with E-state index >= 15 is 0 Å². The van der Waals surface area contributed by atoms with Gasteiger partial charge in [-0.05, 0) is 56.7 Å². The summed E-state index contributed by atoms with van der Waals surface area (Å²) >= 11 is 0. The minimum atomic E-state index is 0.397. The lowest BCUT2D eigenvalue weighted by atomic mass is 9.75. The maximum atomic E-state index is 3.37. The van der Waals surface area contributed by atoms with E-state index in [1.807, 2.05) is 7.05 Å². The number of benzene rings is 1. The molecular weight excluding hydrogens is 244 g/mol. The van der Waals surface area contributed by atoms with Crippen molar-refractivity contribution in [3.63, 3.8) is 0 Å². The molecule has 1 fully saturated rings. The van der Waals surface area contributed by atoms with Gasteiger partial charge in [0.1, 0.15) is 0 Å². The molecule has 1 aliphatic carbocycles. The molecule has 1 aromatic carbocycles. The summed E-state index contributed by atoms with van der Waals surface area (Å²) in [6.45, 7) is 7.04. The van der Waals surface area contributed by atoms with Crippen molar-refractivity contribution >= 4 is 5.69 Å². The lowest BCUT2D eigenvalue weighted by Crippen LogP contribution is -2.38. The Morgan fingerprint density at radius 3 is 2.40 bits per heavy atom. The summed E-state index contributed by atoms with van der Waals surface area (Å²) in [6.07, 6.45) is 5.30. The second-order valence-corrected chi connectivity index (χ2v) is 7.08. The number of rotatable bonds is 4. The molecule has 1 aliphatic rings. The van der Waals surface area contributed by atoms with Crippen LogP contribution in [0.1, 0.15) is 58.1 Å². The van der Waals surface area contributed by atoms with Gasteiger partial charge in [-0.1, -0.05) is 32.0 Å². The number of hydrogen-bond acceptors (Lipinski definition) is 2. The lowest BCUT2D eigenvalue weighted by Gasteiger charge is -2.40. The molecule has 0 bridgehead atoms. The quantitative estimate of drug-likeness (QED) is 0.877. The Kier molecular flexibility index (Phi) is 4.74. The van der Waals surface area contributed by atoms with Gasteiger partial charge in [0.2, 0.25) is 0 Å². The van der Waals surface area contributed by atoms with Crippen molar-refractivity contribution in [1.82, 2.24) is 5.32 Å². The lowest BCUT2D eigenvalue weighted by molar-refractivity contribution is 0.222. The Morgan fingerprint density at radius 1 is 1.20 bits per heavy atom. The largest absolute Gasteiger partial charge is 0.371 e. The molecule has 0 aromatic heterocycles. The molecule has 0 spiro atoms. The van der Waals surface area contributed by atoms with Crippen LogP contribution in [0, 0.1) is 5.41 Å². The Bertz CT molecular complexity index is 429. The van der Waals surface area contributed by atoms with Crippen molar-refractivity contribution in [2.75, 3.05) is 19.0 Å². The van der Waals surface area contributed by atoms with Crippen molar-refractivity contribution in [1.29, 1.82) is 0 Å². The fraction of sp³-hybridized carbons (Fsp3) is 0.667. The van der Waals surface area contributed by atoms with Crippen molar-refractivity contribution in [2.45, 2.75) is 58.5 Å². The first-order valence-electron chi connectivity index (χ1n) is 7.93. The minimum Gasteiger partial charge on any atom is -0.371 e. The summed E-state index contributed by atoms with van der Waals surface area (Å²) in [5, 5.41) is 3.37. The normalized spacial score (nSPS) is 20.6. The predicted molar refractivity (Wildman–Crippen MR) is 88.4 cm³/mol. The van der Waals surface area contributed by atoms with E-state index in [0.29, 0.717) is 17.5 Å². The van der Waals surface area contributed by atoms with Crippen LogP contribution in [-0.4, -0.2) is 20.1 Å². The van der Waals surface area contributed by atoms with Crippen LogP contribution in [0.4, 0.5) is 5.69 Å². The molecule has 112 valence electrons. The van der Waals surface area contributed by atoms with Gasteiger partial charge in [-0.2, -0.15) is 0 Å². The first-order valence-corrected chi connectivity index (χ1v) is 7.93. The zero-order valence-corrected chi connectivity index (χ0v) is 13.7. The van der Waals surface area contributed by atoms with Gasteiger partial charge in [-0.15, -0.1) is 0 Å². The second-order valence-electron chi connectivity index (χ2n) is 7.08. The molecule has 0 radical (unpaired) electrons. The van der Waals surface area contributed by atoms with Crippen molar-refractivity contribution < 1.29 is 0 Å². The van der Waals surface area contributed by atoms with E-state index in [1.165, 1.54) is 36.9 Å². The topological polar surface area (TPSA) is 15.3 Å². The number of hydrogen-bond donors (Lipinski definition) is 1. The van der Waals surface area contributed by atoms with Gasteiger partial charge >= 0.3 is 0 Å². The Labute approximate surface area is 124 Å². The van der Waals surface area contributed by atoms with Crippen LogP contribution < -0.4 is 10.2 Å². The van der Waals surface area contributed by atoms with E-state index in [4.69, 9.17) is 0 Å². The van der Waals surface area contributed by atoms with Crippen LogP contribution in [0.25, 0.3) is 0 Å². The molecule has 1 saturated carbocycles. The third-order valence-electron chi connectivity index (χ3n) is 5.07. The fourth-order valence-corrected chi connectivity index (χ4v) is 3.30. The van der Waals surface area contributed by atoms with E-state index in [2.05, 4.69) is 62.3 Å². The van der Waals surface area contributed by atoms with Gasteiger partial charge in [0.05, 0.1) is 0 Å². The molecule has 1 aromatic rings. The van der Waals surface area contributed by atoms with Crippen molar-refractivity contribution in [2.24, 2.45) is 5.41 Å². The third-order valence-corrected chi connectivity index (χ3v) is 5.07. The highest BCUT2D eigenvalue weighted by Gasteiger charge is 2.29. The minimum absolute atomic E-state index is 0.397. The predicted octanol–water partition coefficient (Wildman–Crippen LogP) is 4.37. The first kappa shape index (κ1) is 15.4. The Hall–Kier alpha value is -1.02. The highest BCUT2D eigenvalue weighted by molar-refractivity contribution is 5.55. The molecule has 0 amide bonds. The maximum absolute atomic E-state index is 3.37. The van der Waals surface area contributed by atoms with E-state index in [0.717, 1.165) is 0 Å². The van der Waals surface area contributed by atoms with E-state index in [1.54, 1.807) is 0 Å². The standard InChI is InChI=1S/C18H30N2/c1-14(19-4)16-8-6-7-9-17(16)20(5)15-10-12-18(2,3)13-11-15/h6-9,14-15,19H,10-13H2,1-5H3. The van der Waals surface area contributed by atoms with Crippen LogP contribution in [0.15, 0.2) is 24.3 Å². The van der Waals surface area contributed by atoms with Gasteiger partial charge in [0.25, 0.3) is 0 Å². The van der Waals surface area contributed by atoms with Crippen LogP contribution >= 0.6 is 0 Å². The number of nitrogens with one attached hydrogen (secondary N) is 1. The van der Waals surface area contributed by atoms with E-state index < -0.39 is 0 Å². The summed E-state index contributed by atoms with van der Waals surface area (Å²) in [6, 6.07) is 9.90. The number of anilines is 1. The zero-order valence-electron chi connectivity index (χ0n) is 13.7. The summed E-state index contributed by atoms with van der Waals surface area (Å²) in [7, 11) is 4.30. The summed E-state index contributed by atoms with van der Waals surface area (Å²) in [4.78, 5) is 2.51. The molecule has 1 N–H and O–H groups in total. The smallest absolute Gasteiger partial charge is 0.0414 e. The molecule has 2 rings (SSSR count). The third kappa shape index (κ3) is 3.35. The second kappa shape index (κ2) is 6.17. The molecule has 2 heteroatoms. The Morgan fingerprint density at radius 2 is 1.80 bits per heavy atom. The first-order chi connectivity index (χ1) is 9.44. The highest BCUT2D eigenvalue weighted by atomic mass is 15.1. The monoisotopic (exact) mass is 274 g/mol. The average Bonchev–Trinajstić information content (AvgIpc) is 2.45. The SMILES string of the molecule is CNC(C)c1ccccc1N(C)C1CCC(C)(C)CC1. The van der Waals surface area contributed by atoms with E-state index in [9.17, 15) is 0 Å².